The number of hydrogen-bond donors (Lipinski definition) is 1. The normalized spacial score (nSPS) is 28.2. The van der Waals surface area contributed by atoms with E-state index in [0.29, 0.717) is 25.0 Å². The minimum atomic E-state index is -3.16. The van der Waals surface area contributed by atoms with Gasteiger partial charge in [-0.25, -0.2) is 4.79 Å². The van der Waals surface area contributed by atoms with Gasteiger partial charge in [-0.2, -0.15) is 0 Å². The maximum Gasteiger partial charge on any atom is 0.366 e. The fraction of sp³-hybridized carbons (Fsp3) is 0.745. The molecule has 16 atom stereocenters. The van der Waals surface area contributed by atoms with Gasteiger partial charge in [0.25, 0.3) is 5.79 Å². The molecule has 0 spiro atoms. The molecule has 3 aliphatic heterocycles. The number of carbonyl (C=O) groups is 13. The molecule has 0 aromatic heterocycles. The van der Waals surface area contributed by atoms with E-state index in [1.54, 1.807) is 0 Å². The van der Waals surface area contributed by atoms with Gasteiger partial charge in [0.05, 0.1) is 19.6 Å². The van der Waals surface area contributed by atoms with E-state index >= 15 is 0 Å². The molecule has 468 valence electrons. The van der Waals surface area contributed by atoms with E-state index in [-0.39, 0.29) is 11.7 Å². The van der Waals surface area contributed by atoms with Crippen molar-refractivity contribution in [3.8, 4) is 0 Å². The summed E-state index contributed by atoms with van der Waals surface area (Å²) in [6, 6.07) is -1.72. The summed E-state index contributed by atoms with van der Waals surface area (Å²) in [5.74, 6) is -15.3. The second-order valence-electron chi connectivity index (χ2n) is 18.9. The lowest BCUT2D eigenvalue weighted by Gasteiger charge is -2.52. The van der Waals surface area contributed by atoms with Crippen molar-refractivity contribution in [2.24, 2.45) is 0 Å². The Morgan fingerprint density at radius 3 is 1.54 bits per heavy atom. The standard InChI is InChI=1S/C51H73NO30S/c1-23(53)52-39-35(71-27(5)57)19-51(50(65)66-13,81-43(39)40(73-29(7)59)36(72-28(6)58)20-68-24(2)54)82-45-42(74-30(8)60)38(22-70-26(4)56)79-49(47(45)77-33(11)63)80-41-37(21-69-25(3)55)78-48(67-17-15-14-16-18-83-34(12)64)46(76-32(10)62)44(41)75-31(9)61/h35-49H,14-22H2,1-13H3,(H,52,53)/t35-,36+,37+,38+,39+,40+,41+,42-,43+,44-,45-,46+,47+,48+,49-,51-/m0/s1. The maximum atomic E-state index is 14.8. The zero-order valence-electron chi connectivity index (χ0n) is 48.2. The maximum absolute atomic E-state index is 14.8. The third-order valence-corrected chi connectivity index (χ3v) is 12.7. The van der Waals surface area contributed by atoms with Gasteiger partial charge < -0.3 is 85.8 Å². The van der Waals surface area contributed by atoms with Crippen molar-refractivity contribution in [1.29, 1.82) is 0 Å². The number of thioether (sulfide) groups is 1. The highest BCUT2D eigenvalue weighted by Crippen LogP contribution is 2.42. The Hall–Kier alpha value is -6.58. The van der Waals surface area contributed by atoms with Crippen molar-refractivity contribution in [2.75, 3.05) is 39.3 Å². The summed E-state index contributed by atoms with van der Waals surface area (Å²) >= 11 is 1.13. The lowest BCUT2D eigenvalue weighted by atomic mass is 9.87. The summed E-state index contributed by atoms with van der Waals surface area (Å²) in [4.78, 5) is 168. The average Bonchev–Trinajstić information content (AvgIpc) is 1.79. The molecular formula is C51H73NO30S. The highest BCUT2D eigenvalue weighted by Gasteiger charge is 2.64. The van der Waals surface area contributed by atoms with Gasteiger partial charge in [-0.3, -0.25) is 57.5 Å². The molecule has 3 saturated heterocycles. The van der Waals surface area contributed by atoms with Crippen molar-refractivity contribution in [3.05, 3.63) is 0 Å². The van der Waals surface area contributed by atoms with Crippen LogP contribution in [0.1, 0.15) is 109 Å². The first kappa shape index (κ1) is 70.7. The Morgan fingerprint density at radius 2 is 1.05 bits per heavy atom. The topological polar surface area (TPSA) is 391 Å². The van der Waals surface area contributed by atoms with Crippen molar-refractivity contribution >= 4 is 88.4 Å². The molecule has 0 radical (unpaired) electrons. The number of hydrogen-bond acceptors (Lipinski definition) is 31. The van der Waals surface area contributed by atoms with Crippen LogP contribution in [-0.4, -0.2) is 214 Å². The fourth-order valence-corrected chi connectivity index (χ4v) is 9.59. The molecule has 3 aliphatic rings. The van der Waals surface area contributed by atoms with Gasteiger partial charge in [-0.15, -0.1) is 0 Å². The summed E-state index contributed by atoms with van der Waals surface area (Å²) in [6.07, 6.45) is -26.6. The molecular weight excluding hydrogens is 1140 g/mol. The smallest absolute Gasteiger partial charge is 0.366 e. The monoisotopic (exact) mass is 1210 g/mol. The largest absolute Gasteiger partial charge is 0.465 e. The Kier molecular flexibility index (Phi) is 28.7. The number of esters is 11. The SMILES string of the molecule is COC(=O)[C@@]1(O[C@H]2[C@@H](OC(C)=O)[C@@H](COC(C)=O)O[C@@H](O[C@H]3[C@H](OC(C)=O)[C@@H](OC(C)=O)[C@H](OCCCCCSC(C)=O)O[C@@H]3COC(C)=O)[C@@H]2OC(C)=O)C[C@H](OC(C)=O)[C@@H](NC(C)=O)[C@H]([C@H](OC(C)=O)[C@@H](COC(C)=O)OC(C)=O)O1. The predicted octanol–water partition coefficient (Wildman–Crippen LogP) is 0.0473. The highest BCUT2D eigenvalue weighted by molar-refractivity contribution is 8.13. The number of nitrogens with one attached hydrogen (secondary N) is 1. The number of rotatable bonds is 28. The summed E-state index contributed by atoms with van der Waals surface area (Å²) in [5, 5.41) is 2.44. The summed E-state index contributed by atoms with van der Waals surface area (Å²) in [5.41, 5.74) is 0. The van der Waals surface area contributed by atoms with Crippen molar-refractivity contribution in [3.63, 3.8) is 0 Å². The quantitative estimate of drug-likeness (QED) is 0.0614. The first-order chi connectivity index (χ1) is 38.9. The molecule has 0 aromatic carbocycles. The second kappa shape index (κ2) is 33.6. The number of unbranched alkanes of at least 4 members (excludes halogenated alkanes) is 2. The molecule has 0 saturated carbocycles. The third-order valence-electron chi connectivity index (χ3n) is 11.8. The van der Waals surface area contributed by atoms with Crippen molar-refractivity contribution in [2.45, 2.75) is 206 Å². The second-order valence-corrected chi connectivity index (χ2v) is 20.1. The van der Waals surface area contributed by atoms with Gasteiger partial charge in [-0.05, 0) is 12.8 Å². The van der Waals surface area contributed by atoms with Gasteiger partial charge in [0.2, 0.25) is 5.91 Å². The summed E-state index contributed by atoms with van der Waals surface area (Å²) in [6.45, 7) is 9.47. The molecule has 0 aromatic rings. The zero-order chi connectivity index (χ0) is 62.5. The van der Waals surface area contributed by atoms with Gasteiger partial charge in [0.15, 0.2) is 54.3 Å². The minimum absolute atomic E-state index is 0.0621. The molecule has 3 fully saturated rings. The van der Waals surface area contributed by atoms with Gasteiger partial charge >= 0.3 is 65.7 Å². The van der Waals surface area contributed by atoms with Gasteiger partial charge in [-0.1, -0.05) is 18.2 Å². The van der Waals surface area contributed by atoms with E-state index in [2.05, 4.69) is 5.32 Å². The number of amides is 1. The highest BCUT2D eigenvalue weighted by atomic mass is 32.2. The molecule has 1 amide bonds. The van der Waals surface area contributed by atoms with Crippen LogP contribution >= 0.6 is 11.8 Å². The number of ether oxygens (including phenoxy) is 17. The van der Waals surface area contributed by atoms with E-state index in [1.165, 1.54) is 6.92 Å². The van der Waals surface area contributed by atoms with Crippen LogP contribution in [0.5, 0.6) is 0 Å². The molecule has 1 N–H and O–H groups in total. The van der Waals surface area contributed by atoms with Crippen LogP contribution in [0, 0.1) is 0 Å². The van der Waals surface area contributed by atoms with E-state index in [9.17, 15) is 62.3 Å². The minimum Gasteiger partial charge on any atom is -0.465 e. The fourth-order valence-electron chi connectivity index (χ4n) is 8.95. The zero-order valence-corrected chi connectivity index (χ0v) is 49.0. The van der Waals surface area contributed by atoms with Crippen LogP contribution in [0.3, 0.4) is 0 Å². The first-order valence-corrected chi connectivity index (χ1v) is 26.9. The van der Waals surface area contributed by atoms with Crippen LogP contribution in [0.4, 0.5) is 0 Å². The van der Waals surface area contributed by atoms with Crippen LogP contribution in [0.25, 0.3) is 0 Å². The lowest BCUT2D eigenvalue weighted by Crippen LogP contribution is -2.72. The summed E-state index contributed by atoms with van der Waals surface area (Å²) in [7, 11) is 0.832. The van der Waals surface area contributed by atoms with Crippen LogP contribution in [0.2, 0.25) is 0 Å². The van der Waals surface area contributed by atoms with E-state index in [4.69, 9.17) is 80.5 Å². The van der Waals surface area contributed by atoms with Crippen LogP contribution < -0.4 is 5.32 Å². The van der Waals surface area contributed by atoms with E-state index in [1.807, 2.05) is 0 Å². The van der Waals surface area contributed by atoms with Crippen molar-refractivity contribution in [1.82, 2.24) is 5.32 Å². The number of methoxy groups -OCH3 is 1. The van der Waals surface area contributed by atoms with Crippen molar-refractivity contribution < 1.29 is 143 Å². The molecule has 31 nitrogen and oxygen atoms in total. The Labute approximate surface area is 481 Å². The lowest BCUT2D eigenvalue weighted by molar-refractivity contribution is -0.387. The van der Waals surface area contributed by atoms with E-state index < -0.39 is 195 Å². The van der Waals surface area contributed by atoms with Gasteiger partial charge in [0.1, 0.15) is 56.4 Å². The Morgan fingerprint density at radius 1 is 0.542 bits per heavy atom. The molecule has 32 heteroatoms. The molecule has 3 heterocycles. The molecule has 83 heavy (non-hydrogen) atoms. The first-order valence-electron chi connectivity index (χ1n) is 25.9. The van der Waals surface area contributed by atoms with Crippen LogP contribution in [-0.2, 0) is 143 Å². The average molecular weight is 1210 g/mol. The Bertz CT molecular complexity index is 2330. The molecule has 0 unspecified atom stereocenters. The summed E-state index contributed by atoms with van der Waals surface area (Å²) < 4.78 is 99.3. The van der Waals surface area contributed by atoms with E-state index in [0.717, 1.165) is 95.0 Å². The number of carbonyl (C=O) groups excluding carboxylic acids is 13. The Balaban J connectivity index is 2.47. The predicted molar refractivity (Wildman–Crippen MR) is 271 cm³/mol. The van der Waals surface area contributed by atoms with Crippen LogP contribution in [0.15, 0.2) is 0 Å². The molecule has 0 bridgehead atoms. The molecule has 0 aliphatic carbocycles. The van der Waals surface area contributed by atoms with Gasteiger partial charge in [0, 0.05) is 95.4 Å². The third kappa shape index (κ3) is 22.8. The molecule has 3 rings (SSSR count).